The van der Waals surface area contributed by atoms with Crippen LogP contribution in [-0.4, -0.2) is 18.4 Å². The summed E-state index contributed by atoms with van der Waals surface area (Å²) in [6.45, 7) is 4.49. The maximum Gasteiger partial charge on any atom is 0.282 e. The second-order valence-corrected chi connectivity index (χ2v) is 7.54. The van der Waals surface area contributed by atoms with Crippen molar-refractivity contribution in [2.24, 2.45) is 0 Å². The molecule has 0 aliphatic carbocycles. The number of hydrogen-bond acceptors (Lipinski definition) is 4. The van der Waals surface area contributed by atoms with Crippen molar-refractivity contribution in [3.05, 3.63) is 95.4 Å². The number of carbonyl (C=O) groups is 2. The van der Waals surface area contributed by atoms with Gasteiger partial charge in [-0.3, -0.25) is 9.59 Å². The van der Waals surface area contributed by atoms with Gasteiger partial charge in [-0.2, -0.15) is 0 Å². The van der Waals surface area contributed by atoms with E-state index >= 15 is 0 Å². The van der Waals surface area contributed by atoms with E-state index in [0.717, 1.165) is 16.9 Å². The number of carbonyl (C=O) groups excluding carboxylic acids is 2. The lowest BCUT2D eigenvalue weighted by Gasteiger charge is -2.16. The molecular weight excluding hydrogens is 407 g/mol. The number of halogens is 1. The van der Waals surface area contributed by atoms with Crippen LogP contribution < -0.4 is 15.0 Å². The molecule has 0 atom stereocenters. The van der Waals surface area contributed by atoms with E-state index in [9.17, 15) is 14.0 Å². The van der Waals surface area contributed by atoms with Crippen LogP contribution in [0.1, 0.15) is 24.5 Å². The van der Waals surface area contributed by atoms with Crippen LogP contribution in [-0.2, 0) is 9.59 Å². The fourth-order valence-electron chi connectivity index (χ4n) is 3.48. The third-order valence-electron chi connectivity index (χ3n) is 5.09. The summed E-state index contributed by atoms with van der Waals surface area (Å²) in [5.74, 6) is -0.719. The predicted molar refractivity (Wildman–Crippen MR) is 123 cm³/mol. The second-order valence-electron chi connectivity index (χ2n) is 7.54. The van der Waals surface area contributed by atoms with Gasteiger partial charge in [0.2, 0.25) is 0 Å². The summed E-state index contributed by atoms with van der Waals surface area (Å²) < 4.78 is 19.0. The average molecular weight is 430 g/mol. The Morgan fingerprint density at radius 3 is 2.34 bits per heavy atom. The summed E-state index contributed by atoms with van der Waals surface area (Å²) in [4.78, 5) is 28.1. The summed E-state index contributed by atoms with van der Waals surface area (Å²) in [7, 11) is 0. The summed E-state index contributed by atoms with van der Waals surface area (Å²) in [6.07, 6.45) is 0.844. The molecule has 32 heavy (non-hydrogen) atoms. The maximum atomic E-state index is 13.5. The molecule has 1 aliphatic heterocycles. The van der Waals surface area contributed by atoms with E-state index in [2.05, 4.69) is 5.32 Å². The Labute approximate surface area is 186 Å². The minimum Gasteiger partial charge on any atom is -0.494 e. The van der Waals surface area contributed by atoms with Crippen LogP contribution in [0.3, 0.4) is 0 Å². The standard InChI is InChI=1S/C26H23FN2O3/c1-3-15-32-22-6-4-5-21(16-22)29-25(30)23(18-9-7-17(2)8-10-18)24(26(29)31)28-20-13-11-19(27)12-14-20/h4-14,16,28H,3,15H2,1-2H3. The molecule has 0 saturated heterocycles. The minimum atomic E-state index is -0.484. The van der Waals surface area contributed by atoms with Crippen molar-refractivity contribution in [2.45, 2.75) is 20.3 Å². The Kier molecular flexibility index (Phi) is 6.03. The monoisotopic (exact) mass is 430 g/mol. The van der Waals surface area contributed by atoms with Gasteiger partial charge in [0.05, 0.1) is 17.9 Å². The van der Waals surface area contributed by atoms with Gasteiger partial charge in [-0.25, -0.2) is 9.29 Å². The molecule has 3 aromatic rings. The highest BCUT2D eigenvalue weighted by Gasteiger charge is 2.40. The molecule has 162 valence electrons. The molecule has 2 amide bonds. The zero-order valence-electron chi connectivity index (χ0n) is 17.9. The Morgan fingerprint density at radius 1 is 0.938 bits per heavy atom. The Morgan fingerprint density at radius 2 is 1.66 bits per heavy atom. The normalized spacial score (nSPS) is 13.7. The van der Waals surface area contributed by atoms with Gasteiger partial charge in [0.15, 0.2) is 0 Å². The van der Waals surface area contributed by atoms with E-state index in [-0.39, 0.29) is 17.1 Å². The summed E-state index contributed by atoms with van der Waals surface area (Å²) in [5.41, 5.74) is 3.00. The SMILES string of the molecule is CCCOc1cccc(N2C(=O)C(Nc3ccc(F)cc3)=C(c3ccc(C)cc3)C2=O)c1. The molecule has 5 nitrogen and oxygen atoms in total. The smallest absolute Gasteiger partial charge is 0.282 e. The molecule has 0 radical (unpaired) electrons. The van der Waals surface area contributed by atoms with Crippen LogP contribution in [0.2, 0.25) is 0 Å². The number of imide groups is 1. The molecule has 4 rings (SSSR count). The number of nitrogens with one attached hydrogen (secondary N) is 1. The molecule has 0 spiro atoms. The number of benzene rings is 3. The number of rotatable bonds is 7. The van der Waals surface area contributed by atoms with Crippen molar-refractivity contribution in [3.8, 4) is 5.75 Å². The highest BCUT2D eigenvalue weighted by Crippen LogP contribution is 2.35. The number of anilines is 2. The van der Waals surface area contributed by atoms with Crippen LogP contribution in [0.25, 0.3) is 5.57 Å². The number of nitrogens with zero attached hydrogens (tertiary/aromatic N) is 1. The fraction of sp³-hybridized carbons (Fsp3) is 0.154. The van der Waals surface area contributed by atoms with Gasteiger partial charge in [-0.05, 0) is 55.3 Å². The number of hydrogen-bond donors (Lipinski definition) is 1. The van der Waals surface area contributed by atoms with E-state index in [4.69, 9.17) is 4.74 Å². The van der Waals surface area contributed by atoms with Crippen molar-refractivity contribution < 1.29 is 18.7 Å². The van der Waals surface area contributed by atoms with Crippen molar-refractivity contribution in [2.75, 3.05) is 16.8 Å². The molecule has 6 heteroatoms. The largest absolute Gasteiger partial charge is 0.494 e. The fourth-order valence-corrected chi connectivity index (χ4v) is 3.48. The Balaban J connectivity index is 1.76. The van der Waals surface area contributed by atoms with Crippen LogP contribution in [0.4, 0.5) is 15.8 Å². The minimum absolute atomic E-state index is 0.144. The van der Waals surface area contributed by atoms with E-state index in [1.165, 1.54) is 24.3 Å². The van der Waals surface area contributed by atoms with Gasteiger partial charge in [0.1, 0.15) is 17.3 Å². The van der Waals surface area contributed by atoms with Crippen molar-refractivity contribution >= 4 is 28.8 Å². The van der Waals surface area contributed by atoms with E-state index < -0.39 is 11.8 Å². The third-order valence-corrected chi connectivity index (χ3v) is 5.09. The first-order valence-corrected chi connectivity index (χ1v) is 10.4. The zero-order chi connectivity index (χ0) is 22.7. The lowest BCUT2D eigenvalue weighted by atomic mass is 10.0. The first kappa shape index (κ1) is 21.3. The van der Waals surface area contributed by atoms with Crippen molar-refractivity contribution in [1.82, 2.24) is 0 Å². The molecule has 0 bridgehead atoms. The molecule has 1 N–H and O–H groups in total. The molecule has 0 saturated carbocycles. The Bertz CT molecular complexity index is 1180. The summed E-state index contributed by atoms with van der Waals surface area (Å²) >= 11 is 0. The average Bonchev–Trinajstić information content (AvgIpc) is 3.04. The van der Waals surface area contributed by atoms with E-state index in [0.29, 0.717) is 29.3 Å². The van der Waals surface area contributed by atoms with Crippen molar-refractivity contribution in [1.29, 1.82) is 0 Å². The highest BCUT2D eigenvalue weighted by molar-refractivity contribution is 6.46. The number of amides is 2. The molecule has 1 heterocycles. The second kappa shape index (κ2) is 9.06. The molecule has 1 aliphatic rings. The Hall–Kier alpha value is -3.93. The first-order valence-electron chi connectivity index (χ1n) is 10.4. The summed E-state index contributed by atoms with van der Waals surface area (Å²) in [5, 5.41) is 3.03. The lowest BCUT2D eigenvalue weighted by Crippen LogP contribution is -2.32. The van der Waals surface area contributed by atoms with Crippen LogP contribution >= 0.6 is 0 Å². The quantitative estimate of drug-likeness (QED) is 0.516. The van der Waals surface area contributed by atoms with Gasteiger partial charge in [-0.15, -0.1) is 0 Å². The van der Waals surface area contributed by atoms with E-state index in [1.54, 1.807) is 24.3 Å². The molecular formula is C26H23FN2O3. The topological polar surface area (TPSA) is 58.6 Å². The number of aryl methyl sites for hydroxylation is 1. The van der Waals surface area contributed by atoms with Gasteiger partial charge >= 0.3 is 0 Å². The van der Waals surface area contributed by atoms with E-state index in [1.807, 2.05) is 38.1 Å². The third kappa shape index (κ3) is 4.25. The predicted octanol–water partition coefficient (Wildman–Crippen LogP) is 5.32. The highest BCUT2D eigenvalue weighted by atomic mass is 19.1. The maximum absolute atomic E-state index is 13.5. The van der Waals surface area contributed by atoms with Crippen LogP contribution in [0.5, 0.6) is 5.75 Å². The summed E-state index contributed by atoms with van der Waals surface area (Å²) in [6, 6.07) is 19.9. The molecule has 0 aromatic heterocycles. The van der Waals surface area contributed by atoms with Crippen LogP contribution in [0, 0.1) is 12.7 Å². The van der Waals surface area contributed by atoms with Gasteiger partial charge in [-0.1, -0.05) is 42.8 Å². The first-order chi connectivity index (χ1) is 15.5. The lowest BCUT2D eigenvalue weighted by molar-refractivity contribution is -0.120. The number of ether oxygens (including phenoxy) is 1. The van der Waals surface area contributed by atoms with Gasteiger partial charge in [0, 0.05) is 11.8 Å². The molecule has 0 fully saturated rings. The molecule has 0 unspecified atom stereocenters. The van der Waals surface area contributed by atoms with Gasteiger partial charge < -0.3 is 10.1 Å². The molecule has 3 aromatic carbocycles. The van der Waals surface area contributed by atoms with Crippen LogP contribution in [0.15, 0.2) is 78.5 Å². The van der Waals surface area contributed by atoms with Gasteiger partial charge in [0.25, 0.3) is 11.8 Å². The van der Waals surface area contributed by atoms with Crippen molar-refractivity contribution in [3.63, 3.8) is 0 Å². The zero-order valence-corrected chi connectivity index (χ0v) is 17.9.